The van der Waals surface area contributed by atoms with E-state index >= 15 is 0 Å². The lowest BCUT2D eigenvalue weighted by Gasteiger charge is -2.13. The average molecular weight is 257 g/mol. The van der Waals surface area contributed by atoms with Gasteiger partial charge in [0.25, 0.3) is 11.8 Å². The SMILES string of the molecule is O=C(c1ccccc1)N(S)C(=O)c1ccccc1. The Balaban J connectivity index is 2.20. The van der Waals surface area contributed by atoms with Gasteiger partial charge in [0.2, 0.25) is 0 Å². The van der Waals surface area contributed by atoms with Crippen LogP contribution >= 0.6 is 12.8 Å². The summed E-state index contributed by atoms with van der Waals surface area (Å²) in [6.45, 7) is 0. The number of carbonyl (C=O) groups excluding carboxylic acids is 2. The molecule has 0 atom stereocenters. The molecule has 0 saturated carbocycles. The highest BCUT2D eigenvalue weighted by Gasteiger charge is 2.20. The molecule has 0 heterocycles. The van der Waals surface area contributed by atoms with Crippen molar-refractivity contribution >= 4 is 24.6 Å². The summed E-state index contributed by atoms with van der Waals surface area (Å²) in [4.78, 5) is 24.0. The van der Waals surface area contributed by atoms with Gasteiger partial charge in [0.1, 0.15) is 0 Å². The maximum atomic E-state index is 12.0. The second kappa shape index (κ2) is 5.51. The van der Waals surface area contributed by atoms with E-state index in [1.165, 1.54) is 0 Å². The third kappa shape index (κ3) is 2.60. The Hall–Kier alpha value is -2.07. The molecule has 0 spiro atoms. The van der Waals surface area contributed by atoms with Gasteiger partial charge >= 0.3 is 0 Å². The maximum Gasteiger partial charge on any atom is 0.270 e. The van der Waals surface area contributed by atoms with Crippen LogP contribution in [0.1, 0.15) is 20.7 Å². The number of carbonyl (C=O) groups is 2. The number of amides is 2. The number of benzene rings is 2. The first-order chi connectivity index (χ1) is 8.70. The molecule has 2 rings (SSSR count). The van der Waals surface area contributed by atoms with Gasteiger partial charge in [-0.15, -0.1) is 0 Å². The second-order valence-electron chi connectivity index (χ2n) is 3.65. The van der Waals surface area contributed by atoms with Crippen LogP contribution in [-0.4, -0.2) is 16.1 Å². The lowest BCUT2D eigenvalue weighted by Crippen LogP contribution is -2.28. The number of hydrogen-bond acceptors (Lipinski definition) is 3. The molecule has 0 aliphatic carbocycles. The molecule has 0 aromatic heterocycles. The molecule has 0 unspecified atom stereocenters. The van der Waals surface area contributed by atoms with Crippen molar-refractivity contribution in [1.82, 2.24) is 4.31 Å². The van der Waals surface area contributed by atoms with Crippen LogP contribution in [0.25, 0.3) is 0 Å². The van der Waals surface area contributed by atoms with Gasteiger partial charge in [-0.3, -0.25) is 9.59 Å². The van der Waals surface area contributed by atoms with Crippen molar-refractivity contribution in [2.45, 2.75) is 0 Å². The van der Waals surface area contributed by atoms with Gasteiger partial charge in [-0.2, -0.15) is 0 Å². The second-order valence-corrected chi connectivity index (χ2v) is 4.05. The Labute approximate surface area is 111 Å². The molecule has 2 amide bonds. The zero-order chi connectivity index (χ0) is 13.0. The number of thiol groups is 1. The Bertz CT molecular complexity index is 503. The minimum atomic E-state index is -0.437. The molecule has 90 valence electrons. The zero-order valence-corrected chi connectivity index (χ0v) is 10.4. The monoisotopic (exact) mass is 257 g/mol. The molecule has 3 nitrogen and oxygen atoms in total. The van der Waals surface area contributed by atoms with Crippen molar-refractivity contribution in [1.29, 1.82) is 0 Å². The van der Waals surface area contributed by atoms with Crippen LogP contribution < -0.4 is 0 Å². The molecule has 0 saturated heterocycles. The zero-order valence-electron chi connectivity index (χ0n) is 9.48. The van der Waals surface area contributed by atoms with Gasteiger partial charge in [0.15, 0.2) is 0 Å². The first-order valence-corrected chi connectivity index (χ1v) is 5.78. The third-order valence-electron chi connectivity index (χ3n) is 2.43. The van der Waals surface area contributed by atoms with E-state index < -0.39 is 11.8 Å². The Morgan fingerprint density at radius 1 is 0.722 bits per heavy atom. The molecule has 18 heavy (non-hydrogen) atoms. The van der Waals surface area contributed by atoms with Crippen LogP contribution in [0.2, 0.25) is 0 Å². The van der Waals surface area contributed by atoms with Crippen molar-refractivity contribution in [2.75, 3.05) is 0 Å². The van der Waals surface area contributed by atoms with E-state index in [9.17, 15) is 9.59 Å². The largest absolute Gasteiger partial charge is 0.270 e. The first-order valence-electron chi connectivity index (χ1n) is 5.38. The topological polar surface area (TPSA) is 37.4 Å². The van der Waals surface area contributed by atoms with E-state index in [0.29, 0.717) is 11.1 Å². The molecule has 0 bridgehead atoms. The molecule has 0 aliphatic heterocycles. The number of imide groups is 1. The van der Waals surface area contributed by atoms with Gasteiger partial charge in [-0.1, -0.05) is 49.2 Å². The molecule has 0 N–H and O–H groups in total. The van der Waals surface area contributed by atoms with Gasteiger partial charge in [0, 0.05) is 11.1 Å². The number of nitrogens with zero attached hydrogens (tertiary/aromatic N) is 1. The summed E-state index contributed by atoms with van der Waals surface area (Å²) >= 11 is 3.98. The predicted octanol–water partition coefficient (Wildman–Crippen LogP) is 2.81. The van der Waals surface area contributed by atoms with Gasteiger partial charge in [-0.25, -0.2) is 4.31 Å². The average Bonchev–Trinajstić information content (AvgIpc) is 2.47. The molecule has 2 aromatic rings. The standard InChI is InChI=1S/C14H11NO2S/c16-13(11-7-3-1-4-8-11)15(18)14(17)12-9-5-2-6-10-12/h1-10,18H. The van der Waals surface area contributed by atoms with E-state index in [0.717, 1.165) is 4.31 Å². The Morgan fingerprint density at radius 2 is 1.06 bits per heavy atom. The van der Waals surface area contributed by atoms with Crippen molar-refractivity contribution in [3.63, 3.8) is 0 Å². The summed E-state index contributed by atoms with van der Waals surface area (Å²) in [5.41, 5.74) is 0.855. The highest BCUT2D eigenvalue weighted by atomic mass is 32.1. The Kier molecular flexibility index (Phi) is 3.79. The van der Waals surface area contributed by atoms with Gasteiger partial charge in [0.05, 0.1) is 0 Å². The van der Waals surface area contributed by atoms with Crippen molar-refractivity contribution in [3.05, 3.63) is 71.8 Å². The highest BCUT2D eigenvalue weighted by molar-refractivity contribution is 7.79. The predicted molar refractivity (Wildman–Crippen MR) is 72.4 cm³/mol. The summed E-state index contributed by atoms with van der Waals surface area (Å²) < 4.78 is 0.824. The van der Waals surface area contributed by atoms with Crippen molar-refractivity contribution in [2.24, 2.45) is 0 Å². The molecule has 0 radical (unpaired) electrons. The molecule has 0 fully saturated rings. The summed E-state index contributed by atoms with van der Waals surface area (Å²) in [5.74, 6) is -0.874. The minimum Gasteiger partial charge on any atom is -0.268 e. The third-order valence-corrected chi connectivity index (χ3v) is 2.79. The summed E-state index contributed by atoms with van der Waals surface area (Å²) in [7, 11) is 0. The first kappa shape index (κ1) is 12.4. The van der Waals surface area contributed by atoms with Crippen molar-refractivity contribution < 1.29 is 9.59 Å². The van der Waals surface area contributed by atoms with Crippen molar-refractivity contribution in [3.8, 4) is 0 Å². The fraction of sp³-hybridized carbons (Fsp3) is 0. The van der Waals surface area contributed by atoms with Crippen LogP contribution in [0.5, 0.6) is 0 Å². The summed E-state index contributed by atoms with van der Waals surface area (Å²) in [6, 6.07) is 17.1. The Morgan fingerprint density at radius 3 is 1.39 bits per heavy atom. The smallest absolute Gasteiger partial charge is 0.268 e. The molecule has 0 aliphatic rings. The molecule has 4 heteroatoms. The normalized spacial score (nSPS) is 9.83. The van der Waals surface area contributed by atoms with E-state index in [-0.39, 0.29) is 0 Å². The lowest BCUT2D eigenvalue weighted by molar-refractivity contribution is 0.0745. The molecular formula is C14H11NO2S. The van der Waals surface area contributed by atoms with E-state index in [1.807, 2.05) is 0 Å². The quantitative estimate of drug-likeness (QED) is 0.663. The fourth-order valence-electron chi connectivity index (χ4n) is 1.50. The molecular weight excluding hydrogens is 246 g/mol. The van der Waals surface area contributed by atoms with Crippen LogP contribution in [0.4, 0.5) is 0 Å². The maximum absolute atomic E-state index is 12.0. The summed E-state index contributed by atoms with van der Waals surface area (Å²) in [5, 5.41) is 0. The number of rotatable bonds is 2. The highest BCUT2D eigenvalue weighted by Crippen LogP contribution is 2.11. The van der Waals surface area contributed by atoms with Gasteiger partial charge < -0.3 is 0 Å². The van der Waals surface area contributed by atoms with E-state index in [1.54, 1.807) is 60.7 Å². The molecule has 2 aromatic carbocycles. The summed E-state index contributed by atoms with van der Waals surface area (Å²) in [6.07, 6.45) is 0. The van der Waals surface area contributed by atoms with E-state index in [2.05, 4.69) is 12.8 Å². The van der Waals surface area contributed by atoms with Crippen LogP contribution in [0.15, 0.2) is 60.7 Å². The van der Waals surface area contributed by atoms with E-state index in [4.69, 9.17) is 0 Å². The van der Waals surface area contributed by atoms with Crippen LogP contribution in [0.3, 0.4) is 0 Å². The number of hydrogen-bond donors (Lipinski definition) is 1. The van der Waals surface area contributed by atoms with Gasteiger partial charge in [-0.05, 0) is 24.3 Å². The van der Waals surface area contributed by atoms with Crippen LogP contribution in [0, 0.1) is 0 Å². The lowest BCUT2D eigenvalue weighted by atomic mass is 10.2. The fourth-order valence-corrected chi connectivity index (χ4v) is 1.73. The van der Waals surface area contributed by atoms with Crippen LogP contribution in [-0.2, 0) is 0 Å². The minimum absolute atomic E-state index is 0.428.